The number of nitrogens with zero attached hydrogens (tertiary/aromatic N) is 4. The predicted molar refractivity (Wildman–Crippen MR) is 125 cm³/mol. The van der Waals surface area contributed by atoms with E-state index in [2.05, 4.69) is 38.7 Å². The van der Waals surface area contributed by atoms with Crippen molar-refractivity contribution in [3.63, 3.8) is 0 Å². The molecule has 5 rings (SSSR count). The number of aromatic carboxylic acids is 1. The molecule has 0 radical (unpaired) electrons. The number of fused-ring (bicyclic) bond motifs is 3. The summed E-state index contributed by atoms with van der Waals surface area (Å²) in [4.78, 5) is 13.5. The summed E-state index contributed by atoms with van der Waals surface area (Å²) in [6.07, 6.45) is 0.737. The Morgan fingerprint density at radius 3 is 2.34 bits per heavy atom. The van der Waals surface area contributed by atoms with Crippen LogP contribution in [0.5, 0.6) is 0 Å². The van der Waals surface area contributed by atoms with Crippen LogP contribution in [0.3, 0.4) is 0 Å². The van der Waals surface area contributed by atoms with E-state index >= 15 is 0 Å². The lowest BCUT2D eigenvalue weighted by molar-refractivity contribution is 0.0697. The molecule has 0 amide bonds. The molecule has 4 aromatic rings. The molecule has 1 N–H and O–H groups in total. The number of carbonyl (C=O) groups is 1. The summed E-state index contributed by atoms with van der Waals surface area (Å²) in [5.74, 6) is 0.827. The van der Waals surface area contributed by atoms with Crippen LogP contribution >= 0.6 is 11.6 Å². The summed E-state index contributed by atoms with van der Waals surface area (Å²) in [6.45, 7) is 4.13. The minimum atomic E-state index is -0.933. The van der Waals surface area contributed by atoms with Gasteiger partial charge in [0.1, 0.15) is 11.6 Å². The number of hydrogen-bond donors (Lipinski definition) is 1. The molecular formula is C25H21ClN4O2. The first-order valence-electron chi connectivity index (χ1n) is 10.4. The first-order valence-corrected chi connectivity index (χ1v) is 10.7. The molecule has 2 heterocycles. The normalized spacial score (nSPS) is 15.1. The highest BCUT2D eigenvalue weighted by molar-refractivity contribution is 6.30. The summed E-state index contributed by atoms with van der Waals surface area (Å²) < 4.78 is 2.11. The number of carboxylic acid groups (broad SMARTS) is 1. The van der Waals surface area contributed by atoms with Crippen LogP contribution in [-0.2, 0) is 6.42 Å². The van der Waals surface area contributed by atoms with Gasteiger partial charge in [0, 0.05) is 23.2 Å². The molecule has 1 unspecified atom stereocenters. The SMILES string of the molecule is Cc1nnc2n1-c1ccc(-c3ccc(C(=O)O)cc3)cc1N(c1ccc(Cl)cc1)C(C)C2. The number of halogens is 1. The Morgan fingerprint density at radius 1 is 0.969 bits per heavy atom. The van der Waals surface area contributed by atoms with E-state index in [0.29, 0.717) is 5.02 Å². The average molecular weight is 445 g/mol. The molecule has 0 fully saturated rings. The predicted octanol–water partition coefficient (Wildman–Crippen LogP) is 5.68. The van der Waals surface area contributed by atoms with Gasteiger partial charge >= 0.3 is 5.97 Å². The molecular weight excluding hydrogens is 424 g/mol. The van der Waals surface area contributed by atoms with Crippen molar-refractivity contribution < 1.29 is 9.90 Å². The van der Waals surface area contributed by atoms with Crippen molar-refractivity contribution in [2.45, 2.75) is 26.3 Å². The monoisotopic (exact) mass is 444 g/mol. The molecule has 1 aromatic heterocycles. The molecule has 0 saturated heterocycles. The van der Waals surface area contributed by atoms with E-state index in [1.807, 2.05) is 49.4 Å². The Balaban J connectivity index is 1.70. The third-order valence-electron chi connectivity index (χ3n) is 5.86. The van der Waals surface area contributed by atoms with Crippen LogP contribution in [0, 0.1) is 6.92 Å². The van der Waals surface area contributed by atoms with Crippen LogP contribution < -0.4 is 4.90 Å². The molecule has 32 heavy (non-hydrogen) atoms. The van der Waals surface area contributed by atoms with Crippen LogP contribution in [-0.4, -0.2) is 31.9 Å². The zero-order chi connectivity index (χ0) is 22.4. The highest BCUT2D eigenvalue weighted by Gasteiger charge is 2.28. The van der Waals surface area contributed by atoms with Crippen LogP contribution in [0.4, 0.5) is 11.4 Å². The van der Waals surface area contributed by atoms with Crippen LogP contribution in [0.2, 0.25) is 5.02 Å². The lowest BCUT2D eigenvalue weighted by Crippen LogP contribution is -2.29. The number of hydrogen-bond acceptors (Lipinski definition) is 4. The van der Waals surface area contributed by atoms with Gasteiger partial charge in [0.2, 0.25) is 0 Å². The Hall–Kier alpha value is -3.64. The Labute approximate surface area is 190 Å². The fraction of sp³-hybridized carbons (Fsp3) is 0.160. The van der Waals surface area contributed by atoms with Crippen LogP contribution in [0.1, 0.15) is 28.9 Å². The van der Waals surface area contributed by atoms with Gasteiger partial charge in [-0.1, -0.05) is 29.8 Å². The third-order valence-corrected chi connectivity index (χ3v) is 6.11. The van der Waals surface area contributed by atoms with E-state index in [9.17, 15) is 9.90 Å². The second-order valence-corrected chi connectivity index (χ2v) is 8.42. The third kappa shape index (κ3) is 3.42. The largest absolute Gasteiger partial charge is 0.478 e. The molecule has 1 atom stereocenters. The van der Waals surface area contributed by atoms with Crippen LogP contribution in [0.25, 0.3) is 16.8 Å². The van der Waals surface area contributed by atoms with E-state index in [1.165, 1.54) is 0 Å². The molecule has 7 heteroatoms. The van der Waals surface area contributed by atoms with Crippen molar-refractivity contribution in [1.82, 2.24) is 14.8 Å². The number of aromatic nitrogens is 3. The van der Waals surface area contributed by atoms with Gasteiger partial charge in [0.15, 0.2) is 0 Å². The molecule has 160 valence electrons. The highest BCUT2D eigenvalue weighted by Crippen LogP contribution is 2.40. The molecule has 0 saturated carbocycles. The van der Waals surface area contributed by atoms with Gasteiger partial charge in [-0.2, -0.15) is 0 Å². The minimum absolute atomic E-state index is 0.129. The lowest BCUT2D eigenvalue weighted by atomic mass is 10.0. The number of carboxylic acids is 1. The maximum absolute atomic E-state index is 11.2. The molecule has 0 aliphatic carbocycles. The standard InChI is InChI=1S/C25H21ClN4O2/c1-15-13-24-28-27-16(2)30(24)22-12-7-19(17-3-5-18(6-4-17)25(31)32)14-23(22)29(15)21-10-8-20(26)9-11-21/h3-12,14-15H,13H2,1-2H3,(H,31,32). The molecule has 0 spiro atoms. The minimum Gasteiger partial charge on any atom is -0.478 e. The quantitative estimate of drug-likeness (QED) is 0.440. The zero-order valence-electron chi connectivity index (χ0n) is 17.7. The van der Waals surface area contributed by atoms with E-state index in [4.69, 9.17) is 11.6 Å². The highest BCUT2D eigenvalue weighted by atomic mass is 35.5. The summed E-state index contributed by atoms with van der Waals surface area (Å²) in [5, 5.41) is 18.6. The molecule has 1 aliphatic rings. The second-order valence-electron chi connectivity index (χ2n) is 7.98. The van der Waals surface area contributed by atoms with Gasteiger partial charge in [-0.25, -0.2) is 4.79 Å². The van der Waals surface area contributed by atoms with Crippen molar-refractivity contribution in [3.8, 4) is 16.8 Å². The molecule has 3 aromatic carbocycles. The maximum atomic E-state index is 11.2. The van der Waals surface area contributed by atoms with Gasteiger partial charge in [-0.3, -0.25) is 4.57 Å². The van der Waals surface area contributed by atoms with E-state index in [0.717, 1.165) is 46.3 Å². The fourth-order valence-electron chi connectivity index (χ4n) is 4.33. The van der Waals surface area contributed by atoms with Gasteiger partial charge in [-0.05, 0) is 73.5 Å². The second kappa shape index (κ2) is 7.80. The summed E-state index contributed by atoms with van der Waals surface area (Å²) in [5.41, 5.74) is 5.30. The van der Waals surface area contributed by atoms with Crippen molar-refractivity contribution in [3.05, 3.63) is 89.0 Å². The summed E-state index contributed by atoms with van der Waals surface area (Å²) in [7, 11) is 0. The summed E-state index contributed by atoms with van der Waals surface area (Å²) >= 11 is 6.15. The number of aryl methyl sites for hydroxylation is 1. The van der Waals surface area contributed by atoms with Crippen molar-refractivity contribution in [2.75, 3.05) is 4.90 Å². The smallest absolute Gasteiger partial charge is 0.335 e. The topological polar surface area (TPSA) is 71.2 Å². The van der Waals surface area contributed by atoms with Crippen molar-refractivity contribution >= 4 is 28.9 Å². The fourth-order valence-corrected chi connectivity index (χ4v) is 4.46. The average Bonchev–Trinajstić information content (AvgIpc) is 3.08. The molecule has 1 aliphatic heterocycles. The molecule has 0 bridgehead atoms. The van der Waals surface area contributed by atoms with E-state index < -0.39 is 5.97 Å². The summed E-state index contributed by atoms with van der Waals surface area (Å²) in [6, 6.07) is 21.2. The number of benzene rings is 3. The lowest BCUT2D eigenvalue weighted by Gasteiger charge is -2.31. The van der Waals surface area contributed by atoms with Crippen molar-refractivity contribution in [1.29, 1.82) is 0 Å². The Bertz CT molecular complexity index is 1310. The number of rotatable bonds is 3. The van der Waals surface area contributed by atoms with Gasteiger partial charge in [0.25, 0.3) is 0 Å². The van der Waals surface area contributed by atoms with Crippen molar-refractivity contribution in [2.24, 2.45) is 0 Å². The van der Waals surface area contributed by atoms with Gasteiger partial charge < -0.3 is 10.0 Å². The van der Waals surface area contributed by atoms with Gasteiger partial charge in [-0.15, -0.1) is 10.2 Å². The van der Waals surface area contributed by atoms with E-state index in [1.54, 1.807) is 12.1 Å². The Morgan fingerprint density at radius 2 is 1.66 bits per heavy atom. The van der Waals surface area contributed by atoms with Crippen LogP contribution in [0.15, 0.2) is 66.7 Å². The zero-order valence-corrected chi connectivity index (χ0v) is 18.4. The maximum Gasteiger partial charge on any atom is 0.335 e. The Kier molecular flexibility index (Phi) is 4.94. The van der Waals surface area contributed by atoms with Gasteiger partial charge in [0.05, 0.1) is 16.9 Å². The first-order chi connectivity index (χ1) is 15.4. The molecule has 6 nitrogen and oxygen atoms in total. The number of anilines is 2. The first kappa shape index (κ1) is 20.3. The van der Waals surface area contributed by atoms with E-state index in [-0.39, 0.29) is 11.6 Å².